The summed E-state index contributed by atoms with van der Waals surface area (Å²) in [5.74, 6) is -0.179. The second kappa shape index (κ2) is 16.1. The highest BCUT2D eigenvalue weighted by atomic mass is 16.2. The van der Waals surface area contributed by atoms with Crippen LogP contribution in [0, 0.1) is 0 Å². The van der Waals surface area contributed by atoms with Gasteiger partial charge in [-0.15, -0.1) is 0 Å². The molecule has 0 aliphatic carbocycles. The van der Waals surface area contributed by atoms with E-state index in [1.165, 1.54) is 11.1 Å². The van der Waals surface area contributed by atoms with Crippen LogP contribution in [0.4, 0.5) is 22.7 Å². The van der Waals surface area contributed by atoms with Gasteiger partial charge in [-0.3, -0.25) is 39.0 Å². The van der Waals surface area contributed by atoms with Crippen molar-refractivity contribution in [2.24, 2.45) is 9.98 Å². The van der Waals surface area contributed by atoms with Crippen LogP contribution in [0.25, 0.3) is 0 Å². The number of fused-ring (bicyclic) bond motifs is 2. The maximum absolute atomic E-state index is 13.9. The van der Waals surface area contributed by atoms with E-state index in [4.69, 9.17) is 9.98 Å². The molecule has 0 aromatic heterocycles. The Morgan fingerprint density at radius 2 is 0.732 bits per heavy atom. The van der Waals surface area contributed by atoms with Gasteiger partial charge in [-0.25, -0.2) is 9.98 Å². The number of hydrogen-bond acceptors (Lipinski definition) is 8. The van der Waals surface area contributed by atoms with Crippen LogP contribution in [0.5, 0.6) is 0 Å². The minimum atomic E-state index is -0.0897. The summed E-state index contributed by atoms with van der Waals surface area (Å²) < 4.78 is 0. The predicted molar refractivity (Wildman–Crippen MR) is 223 cm³/mol. The lowest BCUT2D eigenvalue weighted by atomic mass is 10.1. The standard InChI is InChI=1S/C46H46N8O2/c55-45-43(39-15-7-9-17-41(39)53(45)33-51-27-23-49(24-28-51)31-35-11-3-1-4-12-35)47-37-19-21-38(22-20-37)48-44-40-16-8-10-18-42(40)54(46(44)56)34-52-29-25-50(26-30-52)32-36-13-5-2-6-14-36/h1-22H,23-34H2. The fourth-order valence-electron chi connectivity index (χ4n) is 8.14. The number of nitrogens with zero attached hydrogens (tertiary/aromatic N) is 8. The number of carbonyl (C=O) groups excluding carboxylic acids is 2. The Labute approximate surface area is 328 Å². The molecule has 0 bridgehead atoms. The summed E-state index contributed by atoms with van der Waals surface area (Å²) in [6.45, 7) is 10.4. The van der Waals surface area contributed by atoms with Crippen molar-refractivity contribution in [3.63, 3.8) is 0 Å². The molecule has 0 saturated carbocycles. The molecule has 5 aromatic carbocycles. The van der Waals surface area contributed by atoms with Gasteiger partial charge in [0, 0.05) is 76.6 Å². The normalized spacial score (nSPS) is 19.6. The summed E-state index contributed by atoms with van der Waals surface area (Å²) in [5, 5.41) is 0. The molecule has 4 aliphatic heterocycles. The number of benzene rings is 5. The van der Waals surface area contributed by atoms with Crippen LogP contribution >= 0.6 is 0 Å². The van der Waals surface area contributed by atoms with Gasteiger partial charge >= 0.3 is 0 Å². The zero-order valence-corrected chi connectivity index (χ0v) is 31.6. The van der Waals surface area contributed by atoms with Crippen LogP contribution in [0.1, 0.15) is 22.3 Å². The molecule has 56 heavy (non-hydrogen) atoms. The summed E-state index contributed by atoms with van der Waals surface area (Å²) in [6.07, 6.45) is 0. The quantitative estimate of drug-likeness (QED) is 0.171. The van der Waals surface area contributed by atoms with E-state index >= 15 is 0 Å². The number of aliphatic imine (C=N–C) groups is 2. The van der Waals surface area contributed by atoms with Crippen molar-refractivity contribution < 1.29 is 9.59 Å². The Balaban J connectivity index is 0.854. The van der Waals surface area contributed by atoms with Gasteiger partial charge in [0.25, 0.3) is 11.8 Å². The second-order valence-corrected chi connectivity index (χ2v) is 15.0. The largest absolute Gasteiger partial charge is 0.297 e. The lowest BCUT2D eigenvalue weighted by Crippen LogP contribution is -2.50. The molecule has 0 spiro atoms. The summed E-state index contributed by atoms with van der Waals surface area (Å²) in [7, 11) is 0. The minimum absolute atomic E-state index is 0.0897. The third kappa shape index (κ3) is 7.69. The molecule has 2 fully saturated rings. The first-order valence-corrected chi connectivity index (χ1v) is 19.6. The predicted octanol–water partition coefficient (Wildman–Crippen LogP) is 6.17. The average Bonchev–Trinajstić information content (AvgIpc) is 3.65. The molecule has 5 aromatic rings. The van der Waals surface area contributed by atoms with Crippen LogP contribution in [0.2, 0.25) is 0 Å². The Morgan fingerprint density at radius 1 is 0.393 bits per heavy atom. The van der Waals surface area contributed by atoms with Crippen LogP contribution in [0.15, 0.2) is 143 Å². The van der Waals surface area contributed by atoms with Crippen molar-refractivity contribution >= 4 is 46.0 Å². The van der Waals surface area contributed by atoms with Gasteiger partial charge in [-0.05, 0) is 47.5 Å². The first-order valence-electron chi connectivity index (χ1n) is 19.6. The lowest BCUT2D eigenvalue weighted by Gasteiger charge is -2.36. The number of carbonyl (C=O) groups is 2. The maximum Gasteiger partial charge on any atom is 0.278 e. The summed E-state index contributed by atoms with van der Waals surface area (Å²) in [5.41, 5.74) is 8.33. The van der Waals surface area contributed by atoms with E-state index in [-0.39, 0.29) is 11.8 Å². The molecule has 0 atom stereocenters. The van der Waals surface area contributed by atoms with Gasteiger partial charge in [-0.2, -0.15) is 0 Å². The van der Waals surface area contributed by atoms with Crippen molar-refractivity contribution in [1.29, 1.82) is 0 Å². The number of hydrogen-bond donors (Lipinski definition) is 0. The molecule has 4 heterocycles. The fourth-order valence-corrected chi connectivity index (χ4v) is 8.14. The van der Waals surface area contributed by atoms with Crippen molar-refractivity contribution in [3.8, 4) is 0 Å². The molecule has 10 nitrogen and oxygen atoms in total. The Morgan fingerprint density at radius 3 is 1.12 bits per heavy atom. The molecule has 4 aliphatic rings. The summed E-state index contributed by atoms with van der Waals surface area (Å²) in [4.78, 5) is 51.0. The van der Waals surface area contributed by atoms with Gasteiger partial charge in [0.15, 0.2) is 0 Å². The Kier molecular flexibility index (Phi) is 10.3. The first kappa shape index (κ1) is 35.9. The van der Waals surface area contributed by atoms with Gasteiger partial charge in [0.1, 0.15) is 11.4 Å². The third-order valence-electron chi connectivity index (χ3n) is 11.2. The molecule has 2 saturated heterocycles. The monoisotopic (exact) mass is 742 g/mol. The van der Waals surface area contributed by atoms with Crippen LogP contribution < -0.4 is 9.80 Å². The van der Waals surface area contributed by atoms with Crippen molar-refractivity contribution in [3.05, 3.63) is 156 Å². The minimum Gasteiger partial charge on any atom is -0.297 e. The zero-order valence-electron chi connectivity index (χ0n) is 31.6. The molecular formula is C46H46N8O2. The molecule has 0 N–H and O–H groups in total. The number of para-hydroxylation sites is 2. The molecular weight excluding hydrogens is 697 g/mol. The fraction of sp³-hybridized carbons (Fsp3) is 0.261. The van der Waals surface area contributed by atoms with Crippen molar-refractivity contribution in [1.82, 2.24) is 19.6 Å². The Hall–Kier alpha value is -5.78. The molecule has 0 unspecified atom stereocenters. The van der Waals surface area contributed by atoms with E-state index < -0.39 is 0 Å². The molecule has 2 amide bonds. The highest BCUT2D eigenvalue weighted by Gasteiger charge is 2.37. The number of anilines is 2. The number of piperazine rings is 2. The summed E-state index contributed by atoms with van der Waals surface area (Å²) in [6, 6.07) is 44.5. The molecule has 10 heteroatoms. The average molecular weight is 743 g/mol. The second-order valence-electron chi connectivity index (χ2n) is 15.0. The third-order valence-corrected chi connectivity index (χ3v) is 11.2. The van der Waals surface area contributed by atoms with Crippen LogP contribution in [-0.4, -0.2) is 109 Å². The van der Waals surface area contributed by atoms with Crippen molar-refractivity contribution in [2.75, 3.05) is 75.5 Å². The van der Waals surface area contributed by atoms with E-state index in [0.29, 0.717) is 36.1 Å². The first-order chi connectivity index (χ1) is 27.6. The lowest BCUT2D eigenvalue weighted by molar-refractivity contribution is -0.113. The molecule has 9 rings (SSSR count). The maximum atomic E-state index is 13.9. The van der Waals surface area contributed by atoms with Gasteiger partial charge in [-0.1, -0.05) is 97.1 Å². The highest BCUT2D eigenvalue weighted by Crippen LogP contribution is 2.34. The topological polar surface area (TPSA) is 78.3 Å². The molecule has 282 valence electrons. The van der Waals surface area contributed by atoms with Crippen molar-refractivity contribution in [2.45, 2.75) is 13.1 Å². The number of amides is 2. The number of rotatable bonds is 10. The molecule has 0 radical (unpaired) electrons. The van der Waals surface area contributed by atoms with Gasteiger partial charge in [0.05, 0.1) is 36.1 Å². The van der Waals surface area contributed by atoms with E-state index in [1.54, 1.807) is 0 Å². The highest BCUT2D eigenvalue weighted by molar-refractivity contribution is 6.55. The van der Waals surface area contributed by atoms with Gasteiger partial charge < -0.3 is 0 Å². The van der Waals surface area contributed by atoms with E-state index in [1.807, 2.05) is 82.6 Å². The zero-order chi connectivity index (χ0) is 37.8. The van der Waals surface area contributed by atoms with Crippen LogP contribution in [-0.2, 0) is 22.7 Å². The van der Waals surface area contributed by atoms with E-state index in [0.717, 1.165) is 87.9 Å². The van der Waals surface area contributed by atoms with E-state index in [9.17, 15) is 9.59 Å². The SMILES string of the molecule is O=C1C(=Nc2ccc(N=C3C(=O)N(CN4CCN(Cc5ccccc5)CC4)c4ccccc43)cc2)c2ccccc2N1CN1CCN(Cc2ccccc2)CC1. The summed E-state index contributed by atoms with van der Waals surface area (Å²) >= 11 is 0. The van der Waals surface area contributed by atoms with E-state index in [2.05, 4.69) is 80.3 Å². The smallest absolute Gasteiger partial charge is 0.278 e. The Bertz CT molecular complexity index is 2080. The van der Waals surface area contributed by atoms with Crippen LogP contribution in [0.3, 0.4) is 0 Å². The van der Waals surface area contributed by atoms with Gasteiger partial charge in [0.2, 0.25) is 0 Å².